The molecule has 1 aromatic rings. The van der Waals surface area contributed by atoms with Crippen LogP contribution in [-0.4, -0.2) is 27.9 Å². The maximum absolute atomic E-state index is 13.4. The average Bonchev–Trinajstić information content (AvgIpc) is 2.24. The lowest BCUT2D eigenvalue weighted by Crippen LogP contribution is -2.35. The molecule has 0 fully saturated rings. The van der Waals surface area contributed by atoms with E-state index in [1.807, 2.05) is 0 Å². The molecule has 0 aliphatic heterocycles. The lowest BCUT2D eigenvalue weighted by atomic mass is 10.3. The number of carbonyl (C=O) groups excluding carboxylic acids is 1. The van der Waals surface area contributed by atoms with Crippen molar-refractivity contribution in [1.29, 1.82) is 0 Å². The summed E-state index contributed by atoms with van der Waals surface area (Å²) < 4.78 is 51.7. The fourth-order valence-electron chi connectivity index (χ4n) is 1.16. The molecule has 0 saturated heterocycles. The van der Waals surface area contributed by atoms with E-state index in [1.54, 1.807) is 4.72 Å². The highest BCUT2D eigenvalue weighted by Crippen LogP contribution is 2.21. The van der Waals surface area contributed by atoms with Crippen LogP contribution in [0.3, 0.4) is 0 Å². The Morgan fingerprint density at radius 2 is 1.83 bits per heavy atom. The first-order chi connectivity index (χ1) is 8.27. The van der Waals surface area contributed by atoms with Crippen molar-refractivity contribution >= 4 is 21.6 Å². The molecule has 9 heteroatoms. The zero-order valence-corrected chi connectivity index (χ0v) is 10.1. The normalized spacial score (nSPS) is 11.3. The third kappa shape index (κ3) is 3.14. The average molecular weight is 279 g/mol. The SMILES string of the molecule is CNC(=O)CNS(=O)(=O)c1c(F)cc(N)cc1F. The van der Waals surface area contributed by atoms with Crippen LogP contribution < -0.4 is 15.8 Å². The Hall–Kier alpha value is -1.74. The molecule has 1 amide bonds. The quantitative estimate of drug-likeness (QED) is 0.651. The van der Waals surface area contributed by atoms with Gasteiger partial charge in [0.15, 0.2) is 4.90 Å². The van der Waals surface area contributed by atoms with Gasteiger partial charge in [-0.15, -0.1) is 0 Å². The molecule has 0 unspecified atom stereocenters. The van der Waals surface area contributed by atoms with E-state index in [1.165, 1.54) is 7.05 Å². The van der Waals surface area contributed by atoms with Gasteiger partial charge in [0, 0.05) is 12.7 Å². The summed E-state index contributed by atoms with van der Waals surface area (Å²) in [5.41, 5.74) is 4.92. The van der Waals surface area contributed by atoms with Gasteiger partial charge in [-0.25, -0.2) is 21.9 Å². The minimum absolute atomic E-state index is 0.241. The lowest BCUT2D eigenvalue weighted by molar-refractivity contribution is -0.119. The van der Waals surface area contributed by atoms with Crippen molar-refractivity contribution in [3.8, 4) is 0 Å². The number of benzene rings is 1. The predicted molar refractivity (Wildman–Crippen MR) is 60.0 cm³/mol. The van der Waals surface area contributed by atoms with E-state index in [0.717, 1.165) is 0 Å². The molecule has 0 spiro atoms. The zero-order chi connectivity index (χ0) is 13.9. The molecule has 0 aliphatic rings. The van der Waals surface area contributed by atoms with Crippen LogP contribution >= 0.6 is 0 Å². The second-order valence-corrected chi connectivity index (χ2v) is 5.02. The number of carbonyl (C=O) groups is 1. The van der Waals surface area contributed by atoms with Crippen molar-refractivity contribution in [2.45, 2.75) is 4.90 Å². The number of nitrogens with one attached hydrogen (secondary N) is 2. The van der Waals surface area contributed by atoms with Crippen LogP contribution in [0.2, 0.25) is 0 Å². The molecule has 4 N–H and O–H groups in total. The molecular formula is C9H11F2N3O3S. The minimum Gasteiger partial charge on any atom is -0.399 e. The molecule has 0 aliphatic carbocycles. The van der Waals surface area contributed by atoms with E-state index in [-0.39, 0.29) is 5.69 Å². The van der Waals surface area contributed by atoms with Gasteiger partial charge in [0.2, 0.25) is 15.9 Å². The first kappa shape index (κ1) is 14.3. The van der Waals surface area contributed by atoms with Crippen LogP contribution in [0, 0.1) is 11.6 Å². The topological polar surface area (TPSA) is 101 Å². The van der Waals surface area contributed by atoms with Crippen molar-refractivity contribution in [3.05, 3.63) is 23.8 Å². The fourth-order valence-corrected chi connectivity index (χ4v) is 2.25. The molecule has 0 heterocycles. The Morgan fingerprint density at radius 1 is 1.33 bits per heavy atom. The summed E-state index contributed by atoms with van der Waals surface area (Å²) in [6, 6.07) is 1.36. The summed E-state index contributed by atoms with van der Waals surface area (Å²) in [4.78, 5) is 9.70. The Kier molecular flexibility index (Phi) is 4.19. The molecule has 0 radical (unpaired) electrons. The second-order valence-electron chi connectivity index (χ2n) is 3.31. The Morgan fingerprint density at radius 3 is 2.28 bits per heavy atom. The summed E-state index contributed by atoms with van der Waals surface area (Å²) in [5.74, 6) is -3.29. The number of rotatable bonds is 4. The number of halogens is 2. The van der Waals surface area contributed by atoms with Crippen LogP contribution in [0.4, 0.5) is 14.5 Å². The third-order valence-corrected chi connectivity index (χ3v) is 3.44. The maximum atomic E-state index is 13.4. The molecule has 1 aromatic carbocycles. The summed E-state index contributed by atoms with van der Waals surface area (Å²) in [7, 11) is -3.17. The van der Waals surface area contributed by atoms with Crippen LogP contribution in [0.5, 0.6) is 0 Å². The smallest absolute Gasteiger partial charge is 0.246 e. The molecule has 6 nitrogen and oxygen atoms in total. The van der Waals surface area contributed by atoms with Crippen molar-refractivity contribution in [3.63, 3.8) is 0 Å². The van der Waals surface area contributed by atoms with Crippen LogP contribution in [0.1, 0.15) is 0 Å². The van der Waals surface area contributed by atoms with Crippen molar-refractivity contribution in [2.75, 3.05) is 19.3 Å². The van der Waals surface area contributed by atoms with Crippen molar-refractivity contribution < 1.29 is 22.0 Å². The molecule has 100 valence electrons. The Bertz CT molecular complexity index is 551. The van der Waals surface area contributed by atoms with Crippen LogP contribution in [0.15, 0.2) is 17.0 Å². The van der Waals surface area contributed by atoms with Gasteiger partial charge < -0.3 is 11.1 Å². The van der Waals surface area contributed by atoms with Crippen molar-refractivity contribution in [2.24, 2.45) is 0 Å². The molecular weight excluding hydrogens is 268 g/mol. The first-order valence-corrected chi connectivity index (χ1v) is 6.21. The van der Waals surface area contributed by atoms with Gasteiger partial charge in [0.05, 0.1) is 6.54 Å². The number of sulfonamides is 1. The third-order valence-electron chi connectivity index (χ3n) is 1.99. The standard InChI is InChI=1S/C9H11F2N3O3S/c1-13-8(15)4-14-18(16,17)9-6(10)2-5(12)3-7(9)11/h2-3,14H,4,12H2,1H3,(H,13,15). The van der Waals surface area contributed by atoms with Gasteiger partial charge in [0.25, 0.3) is 0 Å². The van der Waals surface area contributed by atoms with Gasteiger partial charge in [-0.3, -0.25) is 4.79 Å². The molecule has 0 atom stereocenters. The number of anilines is 1. The summed E-state index contributed by atoms with van der Waals surface area (Å²) in [6.07, 6.45) is 0. The van der Waals surface area contributed by atoms with Gasteiger partial charge in [-0.1, -0.05) is 0 Å². The largest absolute Gasteiger partial charge is 0.399 e. The zero-order valence-electron chi connectivity index (χ0n) is 9.33. The molecule has 0 saturated carbocycles. The summed E-state index contributed by atoms with van der Waals surface area (Å²) in [6.45, 7) is -0.623. The van der Waals surface area contributed by atoms with E-state index in [4.69, 9.17) is 5.73 Å². The van der Waals surface area contributed by atoms with Gasteiger partial charge in [-0.2, -0.15) is 0 Å². The fraction of sp³-hybridized carbons (Fsp3) is 0.222. The van der Waals surface area contributed by atoms with Gasteiger partial charge in [0.1, 0.15) is 11.6 Å². The first-order valence-electron chi connectivity index (χ1n) is 4.72. The number of hydrogen-bond acceptors (Lipinski definition) is 4. The van der Waals surface area contributed by atoms with E-state index >= 15 is 0 Å². The molecule has 0 aromatic heterocycles. The van der Waals surface area contributed by atoms with Gasteiger partial charge >= 0.3 is 0 Å². The van der Waals surface area contributed by atoms with Crippen molar-refractivity contribution in [1.82, 2.24) is 10.0 Å². The summed E-state index contributed by atoms with van der Waals surface area (Å²) >= 11 is 0. The minimum atomic E-state index is -4.46. The number of nitrogens with two attached hydrogens (primary N) is 1. The highest BCUT2D eigenvalue weighted by molar-refractivity contribution is 7.89. The number of amides is 1. The number of likely N-dealkylation sites (N-methyl/N-ethyl adjacent to an activating group) is 1. The Labute approximate surface area is 102 Å². The lowest BCUT2D eigenvalue weighted by Gasteiger charge is -2.08. The molecule has 1 rings (SSSR count). The number of nitrogen functional groups attached to an aromatic ring is 1. The summed E-state index contributed by atoms with van der Waals surface area (Å²) in [5, 5.41) is 2.15. The van der Waals surface area contributed by atoms with E-state index < -0.39 is 39.0 Å². The van der Waals surface area contributed by atoms with E-state index in [9.17, 15) is 22.0 Å². The van der Waals surface area contributed by atoms with Crippen LogP contribution in [-0.2, 0) is 14.8 Å². The number of hydrogen-bond donors (Lipinski definition) is 3. The monoisotopic (exact) mass is 279 g/mol. The molecule has 18 heavy (non-hydrogen) atoms. The van der Waals surface area contributed by atoms with E-state index in [0.29, 0.717) is 12.1 Å². The Balaban J connectivity index is 3.10. The highest BCUT2D eigenvalue weighted by Gasteiger charge is 2.24. The van der Waals surface area contributed by atoms with Crippen LogP contribution in [0.25, 0.3) is 0 Å². The van der Waals surface area contributed by atoms with E-state index in [2.05, 4.69) is 5.32 Å². The predicted octanol–water partition coefficient (Wildman–Crippen LogP) is -0.429. The maximum Gasteiger partial charge on any atom is 0.246 e. The second kappa shape index (κ2) is 5.27. The molecule has 0 bridgehead atoms. The van der Waals surface area contributed by atoms with Gasteiger partial charge in [-0.05, 0) is 12.1 Å². The highest BCUT2D eigenvalue weighted by atomic mass is 32.2.